The number of nitrogens with one attached hydrogen (secondary N) is 1. The summed E-state index contributed by atoms with van der Waals surface area (Å²) in [6.07, 6.45) is 13.2. The molecule has 5 rings (SSSR count). The number of aromatic nitrogens is 6. The first-order chi connectivity index (χ1) is 16.5. The second-order valence-corrected chi connectivity index (χ2v) is 9.19. The fourth-order valence-electron chi connectivity index (χ4n) is 4.37. The molecule has 34 heavy (non-hydrogen) atoms. The molecule has 0 saturated heterocycles. The molecule has 3 heterocycles. The molecule has 2 aromatic carbocycles. The predicted molar refractivity (Wildman–Crippen MR) is 133 cm³/mol. The first-order valence-corrected chi connectivity index (χ1v) is 11.8. The third-order valence-corrected chi connectivity index (χ3v) is 6.05. The first-order valence-electron chi connectivity index (χ1n) is 11.8. The van der Waals surface area contributed by atoms with Crippen molar-refractivity contribution in [2.75, 3.05) is 0 Å². The van der Waals surface area contributed by atoms with Gasteiger partial charge in [-0.2, -0.15) is 0 Å². The molecule has 5 aromatic rings. The quantitative estimate of drug-likeness (QED) is 0.265. The Labute approximate surface area is 200 Å². The van der Waals surface area contributed by atoms with Crippen molar-refractivity contribution < 1.29 is 4.57 Å². The van der Waals surface area contributed by atoms with Crippen molar-refractivity contribution >= 4 is 0 Å². The van der Waals surface area contributed by atoms with E-state index < -0.39 is 0 Å². The molecule has 0 aliphatic heterocycles. The zero-order valence-corrected chi connectivity index (χ0v) is 20.1. The van der Waals surface area contributed by atoms with E-state index in [2.05, 4.69) is 85.1 Å². The van der Waals surface area contributed by atoms with Crippen molar-refractivity contribution in [2.45, 2.75) is 46.1 Å². The number of benzene rings is 2. The molecule has 0 atom stereocenters. The highest BCUT2D eigenvalue weighted by atomic mass is 15.2. The molecule has 6 nitrogen and oxygen atoms in total. The number of H-pyrrole nitrogens is 1. The van der Waals surface area contributed by atoms with Crippen LogP contribution in [0.3, 0.4) is 0 Å². The van der Waals surface area contributed by atoms with E-state index in [0.29, 0.717) is 18.4 Å². The van der Waals surface area contributed by atoms with Crippen LogP contribution in [-0.4, -0.2) is 24.1 Å². The lowest BCUT2D eigenvalue weighted by Gasteiger charge is -2.21. The standard InChI is InChI=1S/C28H30N6/c1-20(2)24-11-8-12-25(21(3)4)26(24)34-18-22(31-28(34)27-29-13-14-30-27)17-32-15-16-33(19-32)23-9-6-5-7-10-23/h5-16,18,20-21H,17H2,1-4H3,(H,29,30). The molecule has 0 fully saturated rings. The van der Waals surface area contributed by atoms with Crippen LogP contribution in [0.5, 0.6) is 0 Å². The molecule has 6 heteroatoms. The number of hydrogen-bond donors (Lipinski definition) is 1. The number of imidazole rings is 3. The smallest absolute Gasteiger partial charge is 0.243 e. The van der Waals surface area contributed by atoms with Crippen molar-refractivity contribution in [1.29, 1.82) is 0 Å². The topological polar surface area (TPSA) is 55.3 Å². The van der Waals surface area contributed by atoms with Gasteiger partial charge in [-0.15, -0.1) is 0 Å². The van der Waals surface area contributed by atoms with Crippen LogP contribution in [0.15, 0.2) is 79.5 Å². The fraction of sp³-hybridized carbons (Fsp3) is 0.250. The Bertz CT molecular complexity index is 1350. The summed E-state index contributed by atoms with van der Waals surface area (Å²) >= 11 is 0. The number of para-hydroxylation sites is 2. The average Bonchev–Trinajstić information content (AvgIpc) is 3.60. The van der Waals surface area contributed by atoms with Gasteiger partial charge in [0, 0.05) is 31.0 Å². The minimum absolute atomic E-state index is 0.381. The third-order valence-electron chi connectivity index (χ3n) is 6.05. The molecule has 0 bridgehead atoms. The Balaban J connectivity index is 1.60. The summed E-state index contributed by atoms with van der Waals surface area (Å²) in [6, 6.07) is 16.8. The van der Waals surface area contributed by atoms with Gasteiger partial charge in [-0.1, -0.05) is 76.2 Å². The van der Waals surface area contributed by atoms with E-state index >= 15 is 0 Å². The lowest BCUT2D eigenvalue weighted by atomic mass is 9.92. The van der Waals surface area contributed by atoms with Crippen LogP contribution in [0.25, 0.3) is 23.0 Å². The molecular weight excluding hydrogens is 420 g/mol. The maximum Gasteiger partial charge on any atom is 0.243 e. The lowest BCUT2D eigenvalue weighted by molar-refractivity contribution is -0.692. The van der Waals surface area contributed by atoms with Crippen molar-refractivity contribution in [1.82, 2.24) is 24.1 Å². The van der Waals surface area contributed by atoms with E-state index in [4.69, 9.17) is 4.98 Å². The van der Waals surface area contributed by atoms with Crippen LogP contribution in [0.1, 0.15) is 56.4 Å². The van der Waals surface area contributed by atoms with E-state index in [9.17, 15) is 0 Å². The number of aromatic amines is 1. The molecular formula is C28H30N6. The monoisotopic (exact) mass is 450 g/mol. The minimum atomic E-state index is 0.381. The summed E-state index contributed by atoms with van der Waals surface area (Å²) in [5.74, 6) is 2.34. The van der Waals surface area contributed by atoms with Crippen LogP contribution in [0.2, 0.25) is 0 Å². The van der Waals surface area contributed by atoms with Gasteiger partial charge in [0.25, 0.3) is 0 Å². The van der Waals surface area contributed by atoms with E-state index in [-0.39, 0.29) is 0 Å². The summed E-state index contributed by atoms with van der Waals surface area (Å²) < 4.78 is 6.24. The van der Waals surface area contributed by atoms with Gasteiger partial charge in [-0.25, -0.2) is 9.97 Å². The number of nitrogens with zero attached hydrogens (tertiary/aromatic N) is 5. The van der Waals surface area contributed by atoms with Crippen LogP contribution in [0, 0.1) is 6.33 Å². The molecule has 0 spiro atoms. The zero-order valence-electron chi connectivity index (χ0n) is 20.1. The third kappa shape index (κ3) is 4.19. The van der Waals surface area contributed by atoms with E-state index in [0.717, 1.165) is 23.0 Å². The van der Waals surface area contributed by atoms with Crippen molar-refractivity contribution in [3.05, 3.63) is 103 Å². The minimum Gasteiger partial charge on any atom is -0.342 e. The summed E-state index contributed by atoms with van der Waals surface area (Å²) in [6.45, 7) is 9.57. The second kappa shape index (κ2) is 9.14. The Kier molecular flexibility index (Phi) is 5.88. The Morgan fingerprint density at radius 2 is 1.71 bits per heavy atom. The van der Waals surface area contributed by atoms with Crippen LogP contribution < -0.4 is 4.57 Å². The van der Waals surface area contributed by atoms with E-state index in [1.165, 1.54) is 16.8 Å². The molecule has 0 aliphatic rings. The summed E-state index contributed by atoms with van der Waals surface area (Å²) in [5.41, 5.74) is 5.84. The largest absolute Gasteiger partial charge is 0.342 e. The van der Waals surface area contributed by atoms with Crippen LogP contribution in [-0.2, 0) is 6.54 Å². The van der Waals surface area contributed by atoms with Crippen LogP contribution >= 0.6 is 0 Å². The van der Waals surface area contributed by atoms with E-state index in [1.807, 2.05) is 45.9 Å². The SMILES string of the molecule is CC(C)c1cccc(C(C)C)c1-n1cc(C[n+]2[c-]n(-c3ccccc3)cc2)nc1-c1ncc[nH]1. The normalized spacial score (nSPS) is 11.6. The zero-order chi connectivity index (χ0) is 23.7. The summed E-state index contributed by atoms with van der Waals surface area (Å²) in [7, 11) is 0. The summed E-state index contributed by atoms with van der Waals surface area (Å²) in [5, 5.41) is 0. The first kappa shape index (κ1) is 21.9. The molecule has 172 valence electrons. The van der Waals surface area contributed by atoms with Gasteiger partial charge in [0.05, 0.1) is 17.1 Å². The summed E-state index contributed by atoms with van der Waals surface area (Å²) in [4.78, 5) is 12.8. The van der Waals surface area contributed by atoms with Gasteiger partial charge in [0.15, 0.2) is 11.6 Å². The molecule has 0 saturated carbocycles. The maximum absolute atomic E-state index is 5.03. The molecule has 0 amide bonds. The Hall–Kier alpha value is -3.93. The highest BCUT2D eigenvalue weighted by Crippen LogP contribution is 2.33. The average molecular weight is 451 g/mol. The molecule has 1 N–H and O–H groups in total. The molecule has 3 aromatic heterocycles. The lowest BCUT2D eigenvalue weighted by Crippen LogP contribution is -2.32. The van der Waals surface area contributed by atoms with E-state index in [1.54, 1.807) is 6.20 Å². The Morgan fingerprint density at radius 1 is 0.971 bits per heavy atom. The molecule has 0 aliphatic carbocycles. The van der Waals surface area contributed by atoms with Gasteiger partial charge >= 0.3 is 0 Å². The predicted octanol–water partition coefficient (Wildman–Crippen LogP) is 5.44. The van der Waals surface area contributed by atoms with Gasteiger partial charge in [0.1, 0.15) is 6.54 Å². The number of rotatable bonds is 7. The second-order valence-electron chi connectivity index (χ2n) is 9.19. The van der Waals surface area contributed by atoms with Crippen LogP contribution in [0.4, 0.5) is 0 Å². The van der Waals surface area contributed by atoms with Crippen molar-refractivity contribution in [3.8, 4) is 23.0 Å². The highest BCUT2D eigenvalue weighted by Gasteiger charge is 2.21. The molecule has 0 radical (unpaired) electrons. The highest BCUT2D eigenvalue weighted by molar-refractivity contribution is 5.58. The number of hydrogen-bond acceptors (Lipinski definition) is 2. The van der Waals surface area contributed by atoms with Gasteiger partial charge < -0.3 is 14.1 Å². The van der Waals surface area contributed by atoms with Gasteiger partial charge in [0.2, 0.25) is 6.33 Å². The Morgan fingerprint density at radius 3 is 2.35 bits per heavy atom. The van der Waals surface area contributed by atoms with Crippen molar-refractivity contribution in [3.63, 3.8) is 0 Å². The van der Waals surface area contributed by atoms with Crippen molar-refractivity contribution in [2.24, 2.45) is 0 Å². The molecule has 0 unspecified atom stereocenters. The maximum atomic E-state index is 5.03. The fourth-order valence-corrected chi connectivity index (χ4v) is 4.37. The van der Waals surface area contributed by atoms with Gasteiger partial charge in [-0.05, 0) is 23.0 Å². The van der Waals surface area contributed by atoms with Gasteiger partial charge in [-0.3, -0.25) is 4.57 Å².